The molecule has 0 bridgehead atoms. The van der Waals surface area contributed by atoms with Gasteiger partial charge in [0.15, 0.2) is 0 Å². The lowest BCUT2D eigenvalue weighted by Crippen LogP contribution is -2.32. The monoisotopic (exact) mass is 414 g/mol. The Hall–Kier alpha value is -2.45. The van der Waals surface area contributed by atoms with Crippen molar-refractivity contribution in [1.29, 1.82) is 0 Å². The van der Waals surface area contributed by atoms with E-state index in [0.29, 0.717) is 13.1 Å². The molecular weight excluding hydrogens is 378 g/mol. The van der Waals surface area contributed by atoms with E-state index in [4.69, 9.17) is 16.2 Å². The van der Waals surface area contributed by atoms with Crippen molar-refractivity contribution in [3.8, 4) is 5.75 Å². The molecule has 0 atom stereocenters. The lowest BCUT2D eigenvalue weighted by atomic mass is 10.2. The van der Waals surface area contributed by atoms with Crippen molar-refractivity contribution in [2.24, 2.45) is 21.7 Å². The molecule has 8 nitrogen and oxygen atoms in total. The van der Waals surface area contributed by atoms with E-state index in [-0.39, 0.29) is 0 Å². The summed E-state index contributed by atoms with van der Waals surface area (Å²) in [6, 6.07) is 6.08. The van der Waals surface area contributed by atoms with Crippen molar-refractivity contribution < 1.29 is 9.30 Å². The number of ether oxygens (including phenoxy) is 1. The number of imidazole rings is 1. The first-order valence-corrected chi connectivity index (χ1v) is 11.1. The van der Waals surface area contributed by atoms with Crippen LogP contribution in [0.2, 0.25) is 0 Å². The van der Waals surface area contributed by atoms with Crippen LogP contribution >= 0.6 is 0 Å². The van der Waals surface area contributed by atoms with Gasteiger partial charge in [0, 0.05) is 24.3 Å². The highest BCUT2D eigenvalue weighted by Crippen LogP contribution is 2.34. The number of anilines is 1. The number of aryl methyl sites for hydroxylation is 2. The molecule has 1 fully saturated rings. The highest BCUT2D eigenvalue weighted by molar-refractivity contribution is 5.64. The minimum Gasteiger partial charge on any atom is -0.495 e. The smallest absolute Gasteiger partial charge is 0.421 e. The normalized spacial score (nSPS) is 14.2. The van der Waals surface area contributed by atoms with Gasteiger partial charge in [0.25, 0.3) is 0 Å². The number of nitrogens with two attached hydrogens (primary N) is 2. The summed E-state index contributed by atoms with van der Waals surface area (Å²) < 4.78 is 9.94. The van der Waals surface area contributed by atoms with Crippen molar-refractivity contribution in [1.82, 2.24) is 4.57 Å². The number of hydrogen-bond acceptors (Lipinski definition) is 6. The number of unbranched alkanes of at least 4 members (excludes halogenated alkanes) is 2. The maximum atomic E-state index is 5.65. The SMILES string of the molecule is COc1cc(N=Nc2n(CCCCN)cc[n+]2CCCCN)ccc1N1CCCC1. The van der Waals surface area contributed by atoms with Crippen LogP contribution in [0.3, 0.4) is 0 Å². The van der Waals surface area contributed by atoms with Crippen LogP contribution in [-0.2, 0) is 13.1 Å². The first kappa shape index (κ1) is 22.2. The summed E-state index contributed by atoms with van der Waals surface area (Å²) >= 11 is 0. The van der Waals surface area contributed by atoms with Crippen molar-refractivity contribution in [3.63, 3.8) is 0 Å². The van der Waals surface area contributed by atoms with Crippen LogP contribution in [0.15, 0.2) is 40.8 Å². The van der Waals surface area contributed by atoms with Gasteiger partial charge in [-0.25, -0.2) is 9.13 Å². The minimum absolute atomic E-state index is 0.706. The van der Waals surface area contributed by atoms with Gasteiger partial charge in [0.2, 0.25) is 0 Å². The van der Waals surface area contributed by atoms with Gasteiger partial charge >= 0.3 is 5.95 Å². The van der Waals surface area contributed by atoms with Crippen LogP contribution < -0.4 is 25.7 Å². The zero-order valence-electron chi connectivity index (χ0n) is 18.2. The molecule has 0 radical (unpaired) electrons. The van der Waals surface area contributed by atoms with Gasteiger partial charge < -0.3 is 21.1 Å². The third-order valence-electron chi connectivity index (χ3n) is 5.51. The number of methoxy groups -OCH3 is 1. The first-order chi connectivity index (χ1) is 14.8. The van der Waals surface area contributed by atoms with Gasteiger partial charge in [-0.1, -0.05) is 5.11 Å². The summed E-state index contributed by atoms with van der Waals surface area (Å²) in [6.07, 6.45) is 10.7. The number of azo groups is 1. The molecule has 0 amide bonds. The van der Waals surface area contributed by atoms with Gasteiger partial charge in [0.05, 0.1) is 38.3 Å². The van der Waals surface area contributed by atoms with Gasteiger partial charge in [-0.15, -0.1) is 0 Å². The topological polar surface area (TPSA) is 98.0 Å². The number of rotatable bonds is 12. The van der Waals surface area contributed by atoms with Crippen molar-refractivity contribution in [2.45, 2.75) is 51.6 Å². The first-order valence-electron chi connectivity index (χ1n) is 11.1. The fourth-order valence-corrected chi connectivity index (χ4v) is 3.83. The third-order valence-corrected chi connectivity index (χ3v) is 5.51. The number of benzene rings is 1. The standard InChI is InChI=1S/C22H36N7O/c1-30-21-18-19(8-9-20(21)27-12-6-7-13-27)25-26-22-28(14-4-2-10-23)16-17-29(22)15-5-3-11-24/h8-9,16-18H,2-7,10-15,23-24H2,1H3/q+1. The summed E-state index contributed by atoms with van der Waals surface area (Å²) in [6.45, 7) is 5.33. The molecule has 1 aliphatic rings. The summed E-state index contributed by atoms with van der Waals surface area (Å²) in [5.74, 6) is 1.70. The van der Waals surface area contributed by atoms with Crippen LogP contribution in [0, 0.1) is 0 Å². The average molecular weight is 415 g/mol. The molecule has 2 heterocycles. The molecular formula is C22H36N7O+. The Morgan fingerprint density at radius 2 is 1.80 bits per heavy atom. The quantitative estimate of drug-likeness (QED) is 0.316. The van der Waals surface area contributed by atoms with Crippen LogP contribution in [-0.4, -0.2) is 37.9 Å². The molecule has 0 aliphatic carbocycles. The van der Waals surface area contributed by atoms with E-state index in [2.05, 4.69) is 42.7 Å². The molecule has 8 heteroatoms. The predicted molar refractivity (Wildman–Crippen MR) is 120 cm³/mol. The Morgan fingerprint density at radius 3 is 2.53 bits per heavy atom. The van der Waals surface area contributed by atoms with E-state index in [9.17, 15) is 0 Å². The van der Waals surface area contributed by atoms with Crippen LogP contribution in [0.25, 0.3) is 0 Å². The van der Waals surface area contributed by atoms with Gasteiger partial charge in [-0.05, 0) is 63.7 Å². The molecule has 1 aromatic heterocycles. The maximum Gasteiger partial charge on any atom is 0.421 e. The second kappa shape index (κ2) is 11.7. The highest BCUT2D eigenvalue weighted by Gasteiger charge is 2.19. The second-order valence-corrected chi connectivity index (χ2v) is 7.73. The van der Waals surface area contributed by atoms with Crippen molar-refractivity contribution in [3.05, 3.63) is 30.6 Å². The number of aromatic nitrogens is 2. The Morgan fingerprint density at radius 1 is 1.03 bits per heavy atom. The molecule has 1 saturated heterocycles. The molecule has 0 saturated carbocycles. The fourth-order valence-electron chi connectivity index (χ4n) is 3.83. The van der Waals surface area contributed by atoms with E-state index < -0.39 is 0 Å². The van der Waals surface area contributed by atoms with E-state index in [0.717, 1.165) is 74.9 Å². The van der Waals surface area contributed by atoms with E-state index in [1.54, 1.807) is 7.11 Å². The van der Waals surface area contributed by atoms with E-state index in [1.165, 1.54) is 12.8 Å². The lowest BCUT2D eigenvalue weighted by Gasteiger charge is -2.20. The van der Waals surface area contributed by atoms with Crippen molar-refractivity contribution in [2.75, 3.05) is 38.2 Å². The second-order valence-electron chi connectivity index (χ2n) is 7.73. The molecule has 30 heavy (non-hydrogen) atoms. The van der Waals surface area contributed by atoms with Crippen LogP contribution in [0.4, 0.5) is 17.3 Å². The summed E-state index contributed by atoms with van der Waals surface area (Å²) in [5, 5.41) is 9.15. The Balaban J connectivity index is 1.79. The lowest BCUT2D eigenvalue weighted by molar-refractivity contribution is -0.684. The molecule has 3 rings (SSSR count). The highest BCUT2D eigenvalue weighted by atomic mass is 16.5. The molecule has 0 unspecified atom stereocenters. The summed E-state index contributed by atoms with van der Waals surface area (Å²) in [5.41, 5.74) is 13.2. The number of hydrogen-bond donors (Lipinski definition) is 2. The molecule has 1 aliphatic heterocycles. The Labute approximate surface area is 179 Å². The van der Waals surface area contributed by atoms with Crippen LogP contribution in [0.5, 0.6) is 5.75 Å². The largest absolute Gasteiger partial charge is 0.495 e. The maximum absolute atomic E-state index is 5.65. The molecule has 2 aromatic rings. The van der Waals surface area contributed by atoms with Crippen LogP contribution in [0.1, 0.15) is 38.5 Å². The summed E-state index contributed by atoms with van der Waals surface area (Å²) in [4.78, 5) is 2.37. The zero-order chi connectivity index (χ0) is 21.2. The molecule has 0 spiro atoms. The summed E-state index contributed by atoms with van der Waals surface area (Å²) in [7, 11) is 1.71. The molecule has 1 aromatic carbocycles. The average Bonchev–Trinajstić information content (AvgIpc) is 3.43. The van der Waals surface area contributed by atoms with E-state index in [1.807, 2.05) is 12.1 Å². The third kappa shape index (κ3) is 5.79. The fraction of sp³-hybridized carbons (Fsp3) is 0.591. The molecule has 4 N–H and O–H groups in total. The van der Waals surface area contributed by atoms with Gasteiger partial charge in [-0.3, -0.25) is 0 Å². The molecule has 164 valence electrons. The zero-order valence-corrected chi connectivity index (χ0v) is 18.2. The minimum atomic E-state index is 0.706. The van der Waals surface area contributed by atoms with Gasteiger partial charge in [0.1, 0.15) is 11.4 Å². The predicted octanol–water partition coefficient (Wildman–Crippen LogP) is 3.28. The number of nitrogens with zero attached hydrogens (tertiary/aromatic N) is 5. The Bertz CT molecular complexity index is 784. The van der Waals surface area contributed by atoms with Crippen molar-refractivity contribution >= 4 is 17.3 Å². The Kier molecular flexibility index (Phi) is 8.65. The van der Waals surface area contributed by atoms with E-state index >= 15 is 0 Å². The van der Waals surface area contributed by atoms with Gasteiger partial charge in [-0.2, -0.15) is 0 Å².